The molecule has 0 nitrogen and oxygen atoms in total. The molecule has 4 aromatic rings. The molecule has 0 saturated heterocycles. The summed E-state index contributed by atoms with van der Waals surface area (Å²) in [5.74, 6) is 2.78. The van der Waals surface area contributed by atoms with Gasteiger partial charge in [0.15, 0.2) is 0 Å². The minimum Gasteiger partial charge on any atom is -0.0622 e. The molecule has 0 saturated carbocycles. The average Bonchev–Trinajstić information content (AvgIpc) is 3.40. The predicted octanol–water partition coefficient (Wildman–Crippen LogP) is 15.4. The fourth-order valence-corrected chi connectivity index (χ4v) is 15.4. The van der Waals surface area contributed by atoms with E-state index in [2.05, 4.69) is 221 Å². The number of benzene rings is 4. The SMILES string of the molecule is CC(C)(C)c1cc(C(C)(C)C)c(P2C=C(c3ccccc3)P(c3c(C(C)(C)C)cc(C(C)(C)C)cc3C(C)(C)C)/C2=C/c2ccccc2)c(C(C)(C)C)c1. The van der Waals surface area contributed by atoms with E-state index in [1.165, 1.54) is 49.8 Å². The molecule has 0 N–H and O–H groups in total. The first-order valence-electron chi connectivity index (χ1n) is 20.1. The van der Waals surface area contributed by atoms with Crippen LogP contribution in [0.4, 0.5) is 0 Å². The van der Waals surface area contributed by atoms with E-state index in [-0.39, 0.29) is 32.5 Å². The summed E-state index contributed by atoms with van der Waals surface area (Å²) in [6.45, 7) is 43.5. The molecule has 0 aromatic heterocycles. The molecule has 2 heteroatoms. The average molecular weight is 757 g/mol. The lowest BCUT2D eigenvalue weighted by Crippen LogP contribution is -2.32. The van der Waals surface area contributed by atoms with Crippen LogP contribution in [-0.2, 0) is 32.5 Å². The molecule has 0 fully saturated rings. The fraction of sp³-hybridized carbons (Fsp3) is 0.462. The number of hydrogen-bond acceptors (Lipinski definition) is 0. The monoisotopic (exact) mass is 756 g/mol. The third kappa shape index (κ3) is 8.93. The largest absolute Gasteiger partial charge is 0.0622 e. The van der Waals surface area contributed by atoms with Crippen molar-refractivity contribution in [3.8, 4) is 0 Å². The van der Waals surface area contributed by atoms with Gasteiger partial charge in [-0.05, 0) is 126 Å². The molecule has 54 heavy (non-hydrogen) atoms. The summed E-state index contributed by atoms with van der Waals surface area (Å²) in [6.07, 6.45) is 2.62. The minimum absolute atomic E-state index is 0.0346. The van der Waals surface area contributed by atoms with Crippen LogP contribution in [0.3, 0.4) is 0 Å². The van der Waals surface area contributed by atoms with E-state index >= 15 is 0 Å². The molecule has 1 aliphatic heterocycles. The van der Waals surface area contributed by atoms with Gasteiger partial charge in [-0.1, -0.05) is 210 Å². The smallest absolute Gasteiger partial charge is 0.00447 e. The first-order valence-corrected chi connectivity index (χ1v) is 22.9. The summed E-state index contributed by atoms with van der Waals surface area (Å²) >= 11 is 0. The summed E-state index contributed by atoms with van der Waals surface area (Å²) < 4.78 is 0. The normalized spacial score (nSPS) is 18.3. The molecule has 4 aromatic carbocycles. The van der Waals surface area contributed by atoms with Gasteiger partial charge in [0.05, 0.1) is 0 Å². The van der Waals surface area contributed by atoms with Crippen LogP contribution >= 0.6 is 15.8 Å². The van der Waals surface area contributed by atoms with Gasteiger partial charge in [-0.2, -0.15) is 0 Å². The maximum atomic E-state index is 2.78. The Morgan fingerprint density at radius 3 is 1.11 bits per heavy atom. The topological polar surface area (TPSA) is 0 Å². The van der Waals surface area contributed by atoms with Crippen LogP contribution in [0.2, 0.25) is 0 Å². The maximum absolute atomic E-state index is 2.78. The highest BCUT2D eigenvalue weighted by molar-refractivity contribution is 7.98. The molecule has 0 bridgehead atoms. The van der Waals surface area contributed by atoms with Crippen molar-refractivity contribution >= 4 is 37.8 Å². The van der Waals surface area contributed by atoms with Crippen LogP contribution in [0, 0.1) is 0 Å². The lowest BCUT2D eigenvalue weighted by molar-refractivity contribution is 0.553. The number of rotatable bonds is 4. The van der Waals surface area contributed by atoms with Gasteiger partial charge in [-0.25, -0.2) is 0 Å². The van der Waals surface area contributed by atoms with Crippen molar-refractivity contribution in [1.29, 1.82) is 0 Å². The number of hydrogen-bond donors (Lipinski definition) is 0. The van der Waals surface area contributed by atoms with Crippen molar-refractivity contribution in [3.05, 3.63) is 140 Å². The maximum Gasteiger partial charge on any atom is -0.00447 e. The first kappa shape index (κ1) is 42.4. The van der Waals surface area contributed by atoms with Gasteiger partial charge in [0, 0.05) is 0 Å². The predicted molar refractivity (Wildman–Crippen MR) is 247 cm³/mol. The van der Waals surface area contributed by atoms with E-state index < -0.39 is 15.8 Å². The summed E-state index contributed by atoms with van der Waals surface area (Å²) in [7, 11) is -1.79. The fourth-order valence-electron chi connectivity index (χ4n) is 7.46. The summed E-state index contributed by atoms with van der Waals surface area (Å²) in [5.41, 5.74) is 11.4. The Kier molecular flexibility index (Phi) is 11.5. The van der Waals surface area contributed by atoms with E-state index in [0.717, 1.165) is 0 Å². The Morgan fingerprint density at radius 2 is 0.759 bits per heavy atom. The molecule has 288 valence electrons. The molecule has 0 amide bonds. The lowest BCUT2D eigenvalue weighted by atomic mass is 9.75. The first-order chi connectivity index (χ1) is 24.6. The molecule has 5 rings (SSSR count). The van der Waals surface area contributed by atoms with Gasteiger partial charge in [0.2, 0.25) is 0 Å². The molecular weight excluding hydrogens is 687 g/mol. The van der Waals surface area contributed by atoms with E-state index in [1.807, 2.05) is 0 Å². The van der Waals surface area contributed by atoms with Crippen molar-refractivity contribution in [3.63, 3.8) is 0 Å². The van der Waals surface area contributed by atoms with Gasteiger partial charge in [0.1, 0.15) is 0 Å². The van der Waals surface area contributed by atoms with Crippen molar-refractivity contribution in [2.24, 2.45) is 0 Å². The molecule has 0 spiro atoms. The van der Waals surface area contributed by atoms with Crippen molar-refractivity contribution in [2.75, 3.05) is 0 Å². The standard InChI is InChI=1S/C52H70P2/c1-47(2,3)37-30-39(49(7,8)9)45(40(31-37)50(10,11)12)53-34-43(36-27-23-20-24-28-36)54(44(53)29-35-25-21-19-22-26-35)46-41(51(13,14)15)32-38(48(4,5)6)33-42(46)52(16,17)18/h19-34H,1-18H3/b44-29+. The van der Waals surface area contributed by atoms with E-state index in [1.54, 1.807) is 15.7 Å². The second-order valence-electron chi connectivity index (χ2n) is 21.8. The zero-order valence-electron chi connectivity index (χ0n) is 37.1. The molecule has 0 aliphatic carbocycles. The van der Waals surface area contributed by atoms with Crippen molar-refractivity contribution in [1.82, 2.24) is 0 Å². The summed E-state index contributed by atoms with van der Waals surface area (Å²) in [6, 6.07) is 32.9. The molecule has 0 radical (unpaired) electrons. The van der Waals surface area contributed by atoms with Crippen molar-refractivity contribution < 1.29 is 0 Å². The van der Waals surface area contributed by atoms with Crippen LogP contribution in [0.15, 0.2) is 95.8 Å². The van der Waals surface area contributed by atoms with Gasteiger partial charge in [0.25, 0.3) is 0 Å². The van der Waals surface area contributed by atoms with Gasteiger partial charge >= 0.3 is 0 Å². The Labute approximate surface area is 333 Å². The van der Waals surface area contributed by atoms with Crippen LogP contribution in [0.1, 0.15) is 169 Å². The molecule has 2 atom stereocenters. The lowest BCUT2D eigenvalue weighted by Gasteiger charge is -2.38. The third-order valence-electron chi connectivity index (χ3n) is 10.8. The Balaban J connectivity index is 2.05. The quantitative estimate of drug-likeness (QED) is 0.182. The molecule has 1 heterocycles. The highest BCUT2D eigenvalue weighted by Gasteiger charge is 2.43. The second kappa shape index (κ2) is 14.6. The van der Waals surface area contributed by atoms with E-state index in [9.17, 15) is 0 Å². The van der Waals surface area contributed by atoms with Gasteiger partial charge in [-0.3, -0.25) is 0 Å². The van der Waals surface area contributed by atoms with Gasteiger partial charge < -0.3 is 0 Å². The van der Waals surface area contributed by atoms with Crippen LogP contribution < -0.4 is 10.6 Å². The highest BCUT2D eigenvalue weighted by Crippen LogP contribution is 2.77. The molecule has 2 unspecified atom stereocenters. The zero-order chi connectivity index (χ0) is 40.4. The zero-order valence-corrected chi connectivity index (χ0v) is 38.9. The minimum atomic E-state index is -0.924. The Morgan fingerprint density at radius 1 is 0.407 bits per heavy atom. The summed E-state index contributed by atoms with van der Waals surface area (Å²) in [5, 5.41) is 6.25. The summed E-state index contributed by atoms with van der Waals surface area (Å²) in [4.78, 5) is 0. The molecule has 1 aliphatic rings. The van der Waals surface area contributed by atoms with Crippen LogP contribution in [-0.4, -0.2) is 0 Å². The van der Waals surface area contributed by atoms with Gasteiger partial charge in [-0.15, -0.1) is 0 Å². The Bertz CT molecular complexity index is 1960. The van der Waals surface area contributed by atoms with E-state index in [4.69, 9.17) is 0 Å². The molecular formula is C52H70P2. The van der Waals surface area contributed by atoms with Crippen LogP contribution in [0.5, 0.6) is 0 Å². The highest BCUT2D eigenvalue weighted by atomic mass is 31.2. The second-order valence-corrected chi connectivity index (χ2v) is 26.2. The Hall–Kier alpha value is -2.78. The van der Waals surface area contributed by atoms with Crippen molar-refractivity contribution in [2.45, 2.75) is 157 Å². The van der Waals surface area contributed by atoms with Crippen LogP contribution in [0.25, 0.3) is 11.4 Å². The third-order valence-corrected chi connectivity index (χ3v) is 16.7. The van der Waals surface area contributed by atoms with E-state index in [0.29, 0.717) is 0 Å².